The van der Waals surface area contributed by atoms with Crippen molar-refractivity contribution in [3.8, 4) is 0 Å². The number of halogens is 2. The molecule has 0 atom stereocenters. The molecule has 86 valence electrons. The maximum absolute atomic E-state index is 13.5. The van der Waals surface area contributed by atoms with Gasteiger partial charge in [-0.25, -0.2) is 13.8 Å². The quantitative estimate of drug-likeness (QED) is 0.784. The highest BCUT2D eigenvalue weighted by molar-refractivity contribution is 6.24. The van der Waals surface area contributed by atoms with Gasteiger partial charge in [-0.3, -0.25) is 10.4 Å². The molecule has 1 aliphatic heterocycles. The molecule has 1 aromatic carbocycles. The van der Waals surface area contributed by atoms with Gasteiger partial charge in [-0.1, -0.05) is 0 Å². The van der Waals surface area contributed by atoms with Crippen LogP contribution in [0.1, 0.15) is 0 Å². The fourth-order valence-electron chi connectivity index (χ4n) is 1.39. The van der Waals surface area contributed by atoms with Gasteiger partial charge in [0, 0.05) is 12.3 Å². The van der Waals surface area contributed by atoms with Crippen LogP contribution in [0.2, 0.25) is 0 Å². The molecule has 0 aliphatic carbocycles. The van der Waals surface area contributed by atoms with E-state index in [-0.39, 0.29) is 11.5 Å². The SMILES string of the molecule is C=N/C=C1/C=NN(c2ccc(F)cc2F)C1=N. The van der Waals surface area contributed by atoms with Gasteiger partial charge in [-0.15, -0.1) is 0 Å². The second-order valence-corrected chi connectivity index (χ2v) is 3.27. The van der Waals surface area contributed by atoms with Crippen LogP contribution in [-0.4, -0.2) is 18.8 Å². The van der Waals surface area contributed by atoms with Crippen LogP contribution in [0.15, 0.2) is 40.1 Å². The number of hydrogen-bond donors (Lipinski definition) is 1. The first-order valence-corrected chi connectivity index (χ1v) is 4.67. The zero-order valence-corrected chi connectivity index (χ0v) is 8.69. The lowest BCUT2D eigenvalue weighted by molar-refractivity contribution is 0.583. The average molecular weight is 234 g/mol. The molecule has 0 saturated carbocycles. The van der Waals surface area contributed by atoms with Gasteiger partial charge < -0.3 is 0 Å². The summed E-state index contributed by atoms with van der Waals surface area (Å²) < 4.78 is 26.2. The molecule has 1 aliphatic rings. The van der Waals surface area contributed by atoms with Crippen molar-refractivity contribution >= 4 is 24.5 Å². The van der Waals surface area contributed by atoms with Gasteiger partial charge in [0.2, 0.25) is 0 Å². The third-order valence-electron chi connectivity index (χ3n) is 2.17. The normalized spacial score (nSPS) is 16.9. The van der Waals surface area contributed by atoms with Gasteiger partial charge in [-0.2, -0.15) is 5.10 Å². The van der Waals surface area contributed by atoms with Crippen molar-refractivity contribution in [1.29, 1.82) is 5.41 Å². The fourth-order valence-corrected chi connectivity index (χ4v) is 1.39. The summed E-state index contributed by atoms with van der Waals surface area (Å²) in [5, 5.41) is 12.6. The molecule has 0 aromatic heterocycles. The number of aliphatic imine (C=N–C) groups is 1. The number of nitrogens with zero attached hydrogens (tertiary/aromatic N) is 3. The summed E-state index contributed by atoms with van der Waals surface area (Å²) in [6.45, 7) is 3.26. The molecule has 1 N–H and O–H groups in total. The Hall–Kier alpha value is -2.37. The predicted octanol–water partition coefficient (Wildman–Crippen LogP) is 2.33. The van der Waals surface area contributed by atoms with Crippen molar-refractivity contribution in [2.75, 3.05) is 5.01 Å². The van der Waals surface area contributed by atoms with Crippen molar-refractivity contribution in [1.82, 2.24) is 0 Å². The highest BCUT2D eigenvalue weighted by Crippen LogP contribution is 2.24. The van der Waals surface area contributed by atoms with Crippen molar-refractivity contribution in [3.05, 3.63) is 41.6 Å². The van der Waals surface area contributed by atoms with E-state index < -0.39 is 11.6 Å². The number of rotatable bonds is 2. The van der Waals surface area contributed by atoms with Crippen molar-refractivity contribution in [2.45, 2.75) is 0 Å². The summed E-state index contributed by atoms with van der Waals surface area (Å²) in [5.74, 6) is -1.49. The standard InChI is InChI=1S/C11H8F2N4/c1-15-5-7-6-16-17(11(7)14)10-3-2-8(12)4-9(10)13/h2-6,14H,1H2/b7-5-,14-11?. The molecule has 1 aromatic rings. The largest absolute Gasteiger partial charge is 0.282 e. The molecule has 4 nitrogen and oxygen atoms in total. The summed E-state index contributed by atoms with van der Waals surface area (Å²) in [7, 11) is 0. The van der Waals surface area contributed by atoms with Crippen LogP contribution in [0.3, 0.4) is 0 Å². The van der Waals surface area contributed by atoms with E-state index in [1.54, 1.807) is 0 Å². The Balaban J connectivity index is 2.38. The molecule has 0 amide bonds. The van der Waals surface area contributed by atoms with Crippen LogP contribution in [0.25, 0.3) is 0 Å². The van der Waals surface area contributed by atoms with Crippen LogP contribution in [0.4, 0.5) is 14.5 Å². The molecule has 1 heterocycles. The second kappa shape index (κ2) is 4.25. The first kappa shape index (κ1) is 11.1. The van der Waals surface area contributed by atoms with Crippen LogP contribution in [-0.2, 0) is 0 Å². The second-order valence-electron chi connectivity index (χ2n) is 3.27. The molecule has 6 heteroatoms. The number of amidine groups is 1. The van der Waals surface area contributed by atoms with Crippen molar-refractivity contribution in [2.24, 2.45) is 10.1 Å². The summed E-state index contributed by atoms with van der Waals surface area (Å²) in [4.78, 5) is 3.51. The third-order valence-corrected chi connectivity index (χ3v) is 2.17. The van der Waals surface area contributed by atoms with Crippen molar-refractivity contribution in [3.63, 3.8) is 0 Å². The van der Waals surface area contributed by atoms with Gasteiger partial charge in [0.25, 0.3) is 0 Å². The monoisotopic (exact) mass is 234 g/mol. The van der Waals surface area contributed by atoms with Crippen LogP contribution < -0.4 is 5.01 Å². The Bertz CT molecular complexity index is 548. The lowest BCUT2D eigenvalue weighted by atomic mass is 10.2. The Labute approximate surface area is 96.1 Å². The van der Waals surface area contributed by atoms with E-state index in [2.05, 4.69) is 16.8 Å². The lowest BCUT2D eigenvalue weighted by Crippen LogP contribution is -2.21. The molecular weight excluding hydrogens is 226 g/mol. The Morgan fingerprint density at radius 2 is 2.18 bits per heavy atom. The first-order chi connectivity index (χ1) is 8.13. The Kier molecular flexibility index (Phi) is 2.78. The summed E-state index contributed by atoms with van der Waals surface area (Å²) in [5.41, 5.74) is 0.420. The molecule has 0 radical (unpaired) electrons. The van der Waals surface area contributed by atoms with Gasteiger partial charge in [0.15, 0.2) is 11.7 Å². The number of nitrogens with one attached hydrogen (secondary N) is 1. The van der Waals surface area contributed by atoms with E-state index in [1.807, 2.05) is 0 Å². The molecule has 0 unspecified atom stereocenters. The molecule has 2 rings (SSSR count). The average Bonchev–Trinajstić information content (AvgIpc) is 2.62. The minimum Gasteiger partial charge on any atom is -0.282 e. The summed E-state index contributed by atoms with van der Waals surface area (Å²) in [6.07, 6.45) is 2.70. The zero-order valence-electron chi connectivity index (χ0n) is 8.69. The maximum Gasteiger partial charge on any atom is 0.157 e. The topological polar surface area (TPSA) is 51.8 Å². The van der Waals surface area contributed by atoms with Crippen LogP contribution in [0, 0.1) is 17.0 Å². The Morgan fingerprint density at radius 3 is 2.82 bits per heavy atom. The molecule has 0 saturated heterocycles. The highest BCUT2D eigenvalue weighted by Gasteiger charge is 2.23. The smallest absolute Gasteiger partial charge is 0.157 e. The predicted molar refractivity (Wildman–Crippen MR) is 62.7 cm³/mol. The molecule has 0 fully saturated rings. The highest BCUT2D eigenvalue weighted by atomic mass is 19.1. The first-order valence-electron chi connectivity index (χ1n) is 4.67. The van der Waals surface area contributed by atoms with Crippen LogP contribution >= 0.6 is 0 Å². The maximum atomic E-state index is 13.5. The summed E-state index contributed by atoms with van der Waals surface area (Å²) >= 11 is 0. The zero-order chi connectivity index (χ0) is 12.4. The third kappa shape index (κ3) is 1.96. The van der Waals surface area contributed by atoms with Gasteiger partial charge in [0.05, 0.1) is 11.8 Å². The molecular formula is C11H8F2N4. The van der Waals surface area contributed by atoms with E-state index in [4.69, 9.17) is 5.41 Å². The van der Waals surface area contributed by atoms with E-state index >= 15 is 0 Å². The van der Waals surface area contributed by atoms with E-state index in [1.165, 1.54) is 18.5 Å². The lowest BCUT2D eigenvalue weighted by Gasteiger charge is -2.14. The van der Waals surface area contributed by atoms with Gasteiger partial charge in [0.1, 0.15) is 11.5 Å². The Morgan fingerprint density at radius 1 is 1.41 bits per heavy atom. The van der Waals surface area contributed by atoms with E-state index in [0.29, 0.717) is 5.57 Å². The number of hydrazone groups is 1. The fraction of sp³-hybridized carbons (Fsp3) is 0. The summed E-state index contributed by atoms with van der Waals surface area (Å²) in [6, 6.07) is 3.07. The minimum atomic E-state index is -0.778. The molecule has 0 bridgehead atoms. The number of benzene rings is 1. The number of anilines is 1. The number of hydrogen-bond acceptors (Lipinski definition) is 3. The van der Waals surface area contributed by atoms with E-state index in [9.17, 15) is 8.78 Å². The van der Waals surface area contributed by atoms with Gasteiger partial charge >= 0.3 is 0 Å². The minimum absolute atomic E-state index is 0.0140. The van der Waals surface area contributed by atoms with Gasteiger partial charge in [-0.05, 0) is 18.9 Å². The molecule has 17 heavy (non-hydrogen) atoms. The van der Waals surface area contributed by atoms with Crippen molar-refractivity contribution < 1.29 is 8.78 Å². The molecule has 0 spiro atoms. The van der Waals surface area contributed by atoms with Crippen LogP contribution in [0.5, 0.6) is 0 Å². The van der Waals surface area contributed by atoms with E-state index in [0.717, 1.165) is 17.1 Å².